The van der Waals surface area contributed by atoms with Crippen molar-refractivity contribution in [2.45, 2.75) is 58.0 Å². The zero-order valence-corrected chi connectivity index (χ0v) is 11.5. The standard InChI is InChI=1S/C13H24N2O3/c1-9-5-4-6-11(7-9)15(3)13(18)14-10(2)8-12(16)17/h9-11H,4-8H2,1-3H3,(H,14,18)(H,16,17). The average molecular weight is 256 g/mol. The van der Waals surface area contributed by atoms with Crippen LogP contribution in [0.3, 0.4) is 0 Å². The van der Waals surface area contributed by atoms with E-state index in [1.807, 2.05) is 0 Å². The zero-order chi connectivity index (χ0) is 13.7. The number of hydrogen-bond acceptors (Lipinski definition) is 2. The van der Waals surface area contributed by atoms with Crippen LogP contribution in [0, 0.1) is 5.92 Å². The van der Waals surface area contributed by atoms with Gasteiger partial charge < -0.3 is 15.3 Å². The second kappa shape index (κ2) is 6.61. The molecule has 1 fully saturated rings. The van der Waals surface area contributed by atoms with Crippen molar-refractivity contribution in [2.24, 2.45) is 5.92 Å². The summed E-state index contributed by atoms with van der Waals surface area (Å²) in [5.41, 5.74) is 0. The van der Waals surface area contributed by atoms with Crippen molar-refractivity contribution in [1.82, 2.24) is 10.2 Å². The molecule has 0 radical (unpaired) electrons. The summed E-state index contributed by atoms with van der Waals surface area (Å²) in [6, 6.07) is -0.216. The average Bonchev–Trinajstić information content (AvgIpc) is 2.26. The Kier molecular flexibility index (Phi) is 5.44. The first-order valence-corrected chi connectivity index (χ1v) is 6.65. The van der Waals surface area contributed by atoms with E-state index in [0.29, 0.717) is 5.92 Å². The fourth-order valence-corrected chi connectivity index (χ4v) is 2.55. The lowest BCUT2D eigenvalue weighted by molar-refractivity contribution is -0.137. The number of urea groups is 1. The molecule has 2 N–H and O–H groups in total. The number of carboxylic acids is 1. The van der Waals surface area contributed by atoms with Crippen molar-refractivity contribution in [2.75, 3.05) is 7.05 Å². The molecule has 0 heterocycles. The van der Waals surface area contributed by atoms with E-state index < -0.39 is 5.97 Å². The number of aliphatic carboxylic acids is 1. The van der Waals surface area contributed by atoms with Gasteiger partial charge >= 0.3 is 12.0 Å². The number of amides is 2. The van der Waals surface area contributed by atoms with Crippen molar-refractivity contribution in [3.8, 4) is 0 Å². The number of carbonyl (C=O) groups excluding carboxylic acids is 1. The lowest BCUT2D eigenvalue weighted by Crippen LogP contribution is -2.48. The van der Waals surface area contributed by atoms with Crippen LogP contribution in [0.15, 0.2) is 0 Å². The highest BCUT2D eigenvalue weighted by molar-refractivity contribution is 5.75. The van der Waals surface area contributed by atoms with Gasteiger partial charge in [0, 0.05) is 19.1 Å². The maximum Gasteiger partial charge on any atom is 0.317 e. The normalized spacial score (nSPS) is 25.3. The van der Waals surface area contributed by atoms with Gasteiger partial charge in [0.05, 0.1) is 6.42 Å². The van der Waals surface area contributed by atoms with Gasteiger partial charge in [0.25, 0.3) is 0 Å². The summed E-state index contributed by atoms with van der Waals surface area (Å²) in [7, 11) is 1.80. The number of rotatable bonds is 4. The highest BCUT2D eigenvalue weighted by atomic mass is 16.4. The molecule has 1 rings (SSSR count). The molecule has 0 aromatic rings. The molecule has 5 nitrogen and oxygen atoms in total. The first-order chi connectivity index (χ1) is 8.40. The van der Waals surface area contributed by atoms with Crippen LogP contribution in [0.1, 0.15) is 46.0 Å². The first-order valence-electron chi connectivity index (χ1n) is 6.65. The van der Waals surface area contributed by atoms with Crippen LogP contribution in [-0.4, -0.2) is 41.1 Å². The Hall–Kier alpha value is -1.26. The van der Waals surface area contributed by atoms with Crippen molar-refractivity contribution in [1.29, 1.82) is 0 Å². The molecule has 1 aliphatic rings. The van der Waals surface area contributed by atoms with Gasteiger partial charge in [-0.3, -0.25) is 4.79 Å². The molecular weight excluding hydrogens is 232 g/mol. The van der Waals surface area contributed by atoms with Crippen molar-refractivity contribution in [3.63, 3.8) is 0 Å². The number of hydrogen-bond donors (Lipinski definition) is 2. The predicted octanol–water partition coefficient (Wildman–Crippen LogP) is 2.07. The second-order valence-electron chi connectivity index (χ2n) is 5.48. The number of carbonyl (C=O) groups is 2. The minimum atomic E-state index is -0.892. The monoisotopic (exact) mass is 256 g/mol. The molecule has 5 heteroatoms. The van der Waals surface area contributed by atoms with Crippen LogP contribution in [0.25, 0.3) is 0 Å². The molecule has 2 amide bonds. The van der Waals surface area contributed by atoms with E-state index in [2.05, 4.69) is 12.2 Å². The van der Waals surface area contributed by atoms with Crippen LogP contribution in [0.5, 0.6) is 0 Å². The van der Waals surface area contributed by atoms with Gasteiger partial charge in [-0.15, -0.1) is 0 Å². The molecule has 18 heavy (non-hydrogen) atoms. The number of nitrogens with zero attached hydrogens (tertiary/aromatic N) is 1. The molecule has 1 aliphatic carbocycles. The number of carboxylic acid groups (broad SMARTS) is 1. The lowest BCUT2D eigenvalue weighted by atomic mass is 9.86. The summed E-state index contributed by atoms with van der Waals surface area (Å²) in [5, 5.41) is 11.4. The Bertz CT molecular complexity index is 307. The van der Waals surface area contributed by atoms with Crippen LogP contribution < -0.4 is 5.32 Å². The summed E-state index contributed by atoms with van der Waals surface area (Å²) in [6.07, 6.45) is 4.44. The Morgan fingerprint density at radius 1 is 1.44 bits per heavy atom. The highest BCUT2D eigenvalue weighted by Gasteiger charge is 2.26. The quantitative estimate of drug-likeness (QED) is 0.809. The highest BCUT2D eigenvalue weighted by Crippen LogP contribution is 2.26. The van der Waals surface area contributed by atoms with Crippen molar-refractivity contribution < 1.29 is 14.7 Å². The maximum absolute atomic E-state index is 12.0. The van der Waals surface area contributed by atoms with E-state index in [1.54, 1.807) is 18.9 Å². The van der Waals surface area contributed by atoms with E-state index in [0.717, 1.165) is 19.3 Å². The number of nitrogens with one attached hydrogen (secondary N) is 1. The van der Waals surface area contributed by atoms with Crippen LogP contribution >= 0.6 is 0 Å². The summed E-state index contributed by atoms with van der Waals surface area (Å²) >= 11 is 0. The fourth-order valence-electron chi connectivity index (χ4n) is 2.55. The topological polar surface area (TPSA) is 69.6 Å². The summed E-state index contributed by atoms with van der Waals surface area (Å²) in [6.45, 7) is 3.92. The summed E-state index contributed by atoms with van der Waals surface area (Å²) in [4.78, 5) is 24.2. The van der Waals surface area contributed by atoms with E-state index in [9.17, 15) is 9.59 Å². The van der Waals surface area contributed by atoms with Crippen molar-refractivity contribution in [3.05, 3.63) is 0 Å². The first kappa shape index (κ1) is 14.8. The molecule has 1 saturated carbocycles. The second-order valence-corrected chi connectivity index (χ2v) is 5.48. The Morgan fingerprint density at radius 2 is 2.11 bits per heavy atom. The molecule has 0 saturated heterocycles. The van der Waals surface area contributed by atoms with E-state index >= 15 is 0 Å². The third kappa shape index (κ3) is 4.55. The van der Waals surface area contributed by atoms with Gasteiger partial charge in [0.2, 0.25) is 0 Å². The molecule has 0 aromatic heterocycles. The zero-order valence-electron chi connectivity index (χ0n) is 11.5. The third-order valence-electron chi connectivity index (χ3n) is 3.63. The minimum absolute atomic E-state index is 0.0410. The largest absolute Gasteiger partial charge is 0.481 e. The summed E-state index contributed by atoms with van der Waals surface area (Å²) < 4.78 is 0. The van der Waals surface area contributed by atoms with E-state index in [1.165, 1.54) is 6.42 Å². The fraction of sp³-hybridized carbons (Fsp3) is 0.846. The van der Waals surface area contributed by atoms with Crippen molar-refractivity contribution >= 4 is 12.0 Å². The maximum atomic E-state index is 12.0. The molecule has 0 aliphatic heterocycles. The molecular formula is C13H24N2O3. The Morgan fingerprint density at radius 3 is 2.67 bits per heavy atom. The van der Waals surface area contributed by atoms with E-state index in [-0.39, 0.29) is 24.5 Å². The third-order valence-corrected chi connectivity index (χ3v) is 3.63. The van der Waals surface area contributed by atoms with Gasteiger partial charge in [0.15, 0.2) is 0 Å². The summed E-state index contributed by atoms with van der Waals surface area (Å²) in [5.74, 6) is -0.229. The van der Waals surface area contributed by atoms with Crippen LogP contribution in [0.4, 0.5) is 4.79 Å². The van der Waals surface area contributed by atoms with Gasteiger partial charge in [0.1, 0.15) is 0 Å². The minimum Gasteiger partial charge on any atom is -0.481 e. The predicted molar refractivity (Wildman–Crippen MR) is 69.4 cm³/mol. The van der Waals surface area contributed by atoms with Crippen LogP contribution in [-0.2, 0) is 4.79 Å². The molecule has 3 atom stereocenters. The molecule has 0 bridgehead atoms. The molecule has 104 valence electrons. The van der Waals surface area contributed by atoms with Crippen LogP contribution in [0.2, 0.25) is 0 Å². The van der Waals surface area contributed by atoms with Gasteiger partial charge in [-0.2, -0.15) is 0 Å². The molecule has 0 spiro atoms. The van der Waals surface area contributed by atoms with Gasteiger partial charge in [-0.25, -0.2) is 4.79 Å². The lowest BCUT2D eigenvalue weighted by Gasteiger charge is -2.34. The molecule has 0 aromatic carbocycles. The smallest absolute Gasteiger partial charge is 0.317 e. The SMILES string of the molecule is CC1CCCC(N(C)C(=O)NC(C)CC(=O)O)C1. The van der Waals surface area contributed by atoms with Gasteiger partial charge in [-0.1, -0.05) is 19.8 Å². The Labute approximate surface area is 109 Å². The van der Waals surface area contributed by atoms with E-state index in [4.69, 9.17) is 5.11 Å². The van der Waals surface area contributed by atoms with Gasteiger partial charge in [-0.05, 0) is 25.7 Å². The Balaban J connectivity index is 2.42. The molecule has 3 unspecified atom stereocenters.